The molecule has 0 radical (unpaired) electrons. The molecule has 2 aliphatic heterocycles. The van der Waals surface area contributed by atoms with Crippen molar-refractivity contribution in [3.05, 3.63) is 131 Å². The molecule has 2 aromatic carbocycles. The van der Waals surface area contributed by atoms with Crippen LogP contribution in [0.3, 0.4) is 0 Å². The topological polar surface area (TPSA) is 13.0 Å². The average molecular weight is 843 g/mol. The lowest BCUT2D eigenvalue weighted by Crippen LogP contribution is -2.77. The summed E-state index contributed by atoms with van der Waals surface area (Å²) >= 11 is 0. The Hall–Kier alpha value is -3.76. The third-order valence-corrected chi connectivity index (χ3v) is 14.2. The van der Waals surface area contributed by atoms with Crippen LogP contribution in [-0.2, 0) is 10.8 Å². The molecule has 0 amide bonds. The van der Waals surface area contributed by atoms with Gasteiger partial charge >= 0.3 is 0 Å². The van der Waals surface area contributed by atoms with Crippen LogP contribution in [0, 0.1) is 10.8 Å². The molecule has 2 aromatic rings. The first-order valence-electron chi connectivity index (χ1n) is 29.0. The predicted octanol–water partition coefficient (Wildman–Crippen LogP) is 14.0. The standard InChI is InChI=1S/C58H80N4/c1-55(2,3)39-23-29-45(30-24-39)60-48-33-27-41(57(7,8)9)35-50(48)62-51-36-42(58(10,11)12)28-34-49(51)61(46-31-25-40(26-32-46)56(4,5)6)53-38-47(37-52(60)54(53)62)59(43-19-15-13-16-20-43)44-21-17-14-18-22-44/h23-38,43-44,48-52,54H,13-22H2,1-12H3/i13D,14D,15D,16D,17D,18D,19D,20D,21D,22D. The maximum atomic E-state index is 9.70. The van der Waals surface area contributed by atoms with Crippen LogP contribution in [0.1, 0.15) is 172 Å². The van der Waals surface area contributed by atoms with Gasteiger partial charge in [0.15, 0.2) is 0 Å². The molecule has 14 atom stereocenters. The van der Waals surface area contributed by atoms with Crippen molar-refractivity contribution < 1.29 is 13.7 Å². The second-order valence-corrected chi connectivity index (χ2v) is 22.7. The summed E-state index contributed by atoms with van der Waals surface area (Å²) in [4.78, 5) is 9.45. The number of benzene rings is 2. The van der Waals surface area contributed by atoms with Crippen molar-refractivity contribution in [3.8, 4) is 0 Å². The molecule has 332 valence electrons. The van der Waals surface area contributed by atoms with Crippen LogP contribution < -0.4 is 9.80 Å². The van der Waals surface area contributed by atoms with Crippen LogP contribution in [-0.4, -0.2) is 58.1 Å². The van der Waals surface area contributed by atoms with E-state index in [9.17, 15) is 11.0 Å². The Kier molecular flexibility index (Phi) is 8.49. The molecule has 0 bridgehead atoms. The SMILES string of the molecule is [2H]C1C([2H])C([2H])C(N(C2=CC3C4C(=C2)N(c2ccc(C(C)(C)C)cc2)C2C=CC(C(C)(C)C)=CC2N4C2C=C(C(C)(C)C)C=CC2N3c2ccc(C(C)(C)C)cc2)C2C([2H])C([2H])C([2H])C([2H])C2[2H])C([2H])C1[2H]. The third kappa shape index (κ3) is 8.02. The van der Waals surface area contributed by atoms with Crippen molar-refractivity contribution in [3.63, 3.8) is 0 Å². The molecule has 4 heteroatoms. The maximum Gasteiger partial charge on any atom is 0.0756 e. The summed E-state index contributed by atoms with van der Waals surface area (Å²) in [7, 11) is 0. The number of fused-ring (bicyclic) bond motifs is 4. The summed E-state index contributed by atoms with van der Waals surface area (Å²) in [5.41, 5.74) is 7.89. The summed E-state index contributed by atoms with van der Waals surface area (Å²) in [5.74, 6) is 0. The highest BCUT2D eigenvalue weighted by atomic mass is 15.4. The molecule has 7 aliphatic rings. The minimum Gasteiger partial charge on any atom is -0.366 e. The summed E-state index contributed by atoms with van der Waals surface area (Å²) < 4.78 is 93.1. The van der Waals surface area contributed by atoms with Crippen LogP contribution in [0.15, 0.2) is 120 Å². The van der Waals surface area contributed by atoms with Crippen molar-refractivity contribution in [2.75, 3.05) is 9.80 Å². The number of anilines is 2. The highest BCUT2D eigenvalue weighted by Crippen LogP contribution is 2.51. The Labute approximate surface area is 391 Å². The van der Waals surface area contributed by atoms with Gasteiger partial charge in [-0.05, 0) is 106 Å². The molecule has 0 spiro atoms. The largest absolute Gasteiger partial charge is 0.366 e. The smallest absolute Gasteiger partial charge is 0.0756 e. The average Bonchev–Trinajstić information content (AvgIpc) is 3.31. The third-order valence-electron chi connectivity index (χ3n) is 14.2. The summed E-state index contributed by atoms with van der Waals surface area (Å²) in [6, 6.07) is 14.0. The van der Waals surface area contributed by atoms with Gasteiger partial charge in [0.2, 0.25) is 0 Å². The van der Waals surface area contributed by atoms with Gasteiger partial charge in [0, 0.05) is 48.6 Å². The minimum absolute atomic E-state index is 0.0949. The number of hydrogen-bond donors (Lipinski definition) is 0. The van der Waals surface area contributed by atoms with E-state index in [2.05, 4.69) is 195 Å². The molecule has 5 aliphatic carbocycles. The molecule has 62 heavy (non-hydrogen) atoms. The Bertz CT molecular complexity index is 2450. The zero-order valence-electron chi connectivity index (χ0n) is 49.4. The first-order chi connectivity index (χ1) is 33.4. The van der Waals surface area contributed by atoms with Gasteiger partial charge in [-0.3, -0.25) is 4.90 Å². The van der Waals surface area contributed by atoms with Gasteiger partial charge < -0.3 is 14.7 Å². The summed E-state index contributed by atoms with van der Waals surface area (Å²) in [5, 5.41) is 0. The Morgan fingerprint density at radius 3 is 1.42 bits per heavy atom. The van der Waals surface area contributed by atoms with E-state index in [1.54, 1.807) is 4.90 Å². The van der Waals surface area contributed by atoms with Crippen molar-refractivity contribution in [1.82, 2.24) is 9.80 Å². The van der Waals surface area contributed by atoms with Crippen molar-refractivity contribution in [2.24, 2.45) is 10.8 Å². The van der Waals surface area contributed by atoms with Gasteiger partial charge in [0.05, 0.1) is 36.3 Å². The number of nitrogens with zero attached hydrogens (tertiary/aromatic N) is 4. The van der Waals surface area contributed by atoms with Gasteiger partial charge in [0.1, 0.15) is 0 Å². The lowest BCUT2D eigenvalue weighted by Gasteiger charge is -2.65. The first-order valence-corrected chi connectivity index (χ1v) is 23.2. The number of allylic oxidation sites excluding steroid dienone is 5. The zero-order valence-corrected chi connectivity index (χ0v) is 39.4. The highest BCUT2D eigenvalue weighted by molar-refractivity contribution is 5.67. The highest BCUT2D eigenvalue weighted by Gasteiger charge is 2.57. The van der Waals surface area contributed by atoms with E-state index in [-0.39, 0.29) is 51.9 Å². The van der Waals surface area contributed by atoms with Crippen molar-refractivity contribution in [2.45, 2.75) is 206 Å². The van der Waals surface area contributed by atoms with Gasteiger partial charge in [-0.2, -0.15) is 0 Å². The zero-order chi connectivity index (χ0) is 52.6. The molecular formula is C58H80N4. The fourth-order valence-corrected chi connectivity index (χ4v) is 10.7. The Balaban J connectivity index is 1.37. The molecule has 4 nitrogen and oxygen atoms in total. The van der Waals surface area contributed by atoms with Crippen LogP contribution >= 0.6 is 0 Å². The molecule has 2 heterocycles. The van der Waals surface area contributed by atoms with Crippen LogP contribution in [0.2, 0.25) is 0 Å². The van der Waals surface area contributed by atoms with E-state index in [1.807, 2.05) is 0 Å². The normalized spacial score (nSPS) is 44.6. The molecule has 2 saturated heterocycles. The summed E-state index contributed by atoms with van der Waals surface area (Å²) in [6.07, 6.45) is 5.02. The molecule has 0 aromatic heterocycles. The molecule has 9 rings (SSSR count). The van der Waals surface area contributed by atoms with Gasteiger partial charge in [-0.25, -0.2) is 0 Å². The van der Waals surface area contributed by atoms with Crippen LogP contribution in [0.4, 0.5) is 11.4 Å². The quantitative estimate of drug-likeness (QED) is 0.297. The number of rotatable bonds is 5. The molecule has 4 fully saturated rings. The Morgan fingerprint density at radius 2 is 0.952 bits per heavy atom. The fourth-order valence-electron chi connectivity index (χ4n) is 10.7. The lowest BCUT2D eigenvalue weighted by molar-refractivity contribution is 0.0573. The fraction of sp³-hybridized carbons (Fsp3) is 0.586. The molecular weight excluding hydrogens is 753 g/mol. The van der Waals surface area contributed by atoms with Gasteiger partial charge in [-0.15, -0.1) is 0 Å². The Morgan fingerprint density at radius 1 is 0.500 bits per heavy atom. The lowest BCUT2D eigenvalue weighted by atomic mass is 9.73. The number of piperazine rings is 2. The second kappa shape index (κ2) is 16.0. The van der Waals surface area contributed by atoms with E-state index >= 15 is 0 Å². The van der Waals surface area contributed by atoms with Crippen LogP contribution in [0.5, 0.6) is 0 Å². The molecule has 2 saturated carbocycles. The van der Waals surface area contributed by atoms with E-state index in [0.29, 0.717) is 5.70 Å². The molecule has 14 unspecified atom stereocenters. The first kappa shape index (κ1) is 32.8. The monoisotopic (exact) mass is 843 g/mol. The molecule has 0 N–H and O–H groups in total. The maximum absolute atomic E-state index is 9.70. The van der Waals surface area contributed by atoms with Crippen molar-refractivity contribution >= 4 is 11.4 Å². The second-order valence-electron chi connectivity index (χ2n) is 22.7. The summed E-state index contributed by atoms with van der Waals surface area (Å²) in [6.45, 7) is 26.9. The van der Waals surface area contributed by atoms with Gasteiger partial charge in [0.25, 0.3) is 0 Å². The van der Waals surface area contributed by atoms with E-state index in [0.717, 1.165) is 17.1 Å². The van der Waals surface area contributed by atoms with E-state index < -0.39 is 82.1 Å². The van der Waals surface area contributed by atoms with E-state index in [1.165, 1.54) is 22.3 Å². The number of hydrogen-bond acceptors (Lipinski definition) is 4. The van der Waals surface area contributed by atoms with E-state index in [4.69, 9.17) is 2.74 Å². The predicted molar refractivity (Wildman–Crippen MR) is 265 cm³/mol. The van der Waals surface area contributed by atoms with Crippen LogP contribution in [0.25, 0.3) is 0 Å². The van der Waals surface area contributed by atoms with Crippen molar-refractivity contribution in [1.29, 1.82) is 0 Å². The minimum atomic E-state index is -1.37. The van der Waals surface area contributed by atoms with Gasteiger partial charge in [-0.1, -0.05) is 182 Å².